The topological polar surface area (TPSA) is 126 Å². The van der Waals surface area contributed by atoms with Crippen LogP contribution in [0.15, 0.2) is 68.1 Å². The lowest BCUT2D eigenvalue weighted by Gasteiger charge is -2.14. The van der Waals surface area contributed by atoms with Crippen LogP contribution in [0.5, 0.6) is 0 Å². The molecule has 0 saturated carbocycles. The van der Waals surface area contributed by atoms with E-state index in [1.165, 1.54) is 36.4 Å². The fourth-order valence-electron chi connectivity index (χ4n) is 2.59. The number of sulfone groups is 1. The van der Waals surface area contributed by atoms with Crippen LogP contribution in [0.4, 0.5) is 0 Å². The molecule has 11 heteroatoms. The second-order valence-corrected chi connectivity index (χ2v) is 12.7. The van der Waals surface area contributed by atoms with Crippen molar-refractivity contribution in [2.24, 2.45) is 0 Å². The third-order valence-corrected chi connectivity index (χ3v) is 9.71. The molecule has 0 radical (unpaired) electrons. The summed E-state index contributed by atoms with van der Waals surface area (Å²) in [6.07, 6.45) is 1.15. The van der Waals surface area contributed by atoms with Crippen molar-refractivity contribution in [1.29, 1.82) is 0 Å². The Morgan fingerprint density at radius 1 is 0.645 bits per heavy atom. The van der Waals surface area contributed by atoms with Gasteiger partial charge in [-0.15, -0.1) is 0 Å². The van der Waals surface area contributed by atoms with Crippen molar-refractivity contribution in [2.75, 3.05) is 0 Å². The van der Waals surface area contributed by atoms with Crippen LogP contribution >= 0.6 is 0 Å². The fourth-order valence-corrected chi connectivity index (χ4v) is 6.83. The van der Waals surface area contributed by atoms with Gasteiger partial charge in [0.1, 0.15) is 0 Å². The first-order valence-electron chi connectivity index (χ1n) is 9.83. The maximum atomic E-state index is 13.1. The van der Waals surface area contributed by atoms with Gasteiger partial charge in [0.05, 0.1) is 19.6 Å². The van der Waals surface area contributed by atoms with Gasteiger partial charge in [0.2, 0.25) is 29.9 Å². The van der Waals surface area contributed by atoms with Gasteiger partial charge in [0.25, 0.3) is 0 Å². The van der Waals surface area contributed by atoms with Crippen LogP contribution in [0.3, 0.4) is 0 Å². The molecular formula is C20H28N2O6S3. The third kappa shape index (κ3) is 6.13. The molecule has 0 aliphatic heterocycles. The first-order chi connectivity index (χ1) is 14.3. The quantitative estimate of drug-likeness (QED) is 0.529. The van der Waals surface area contributed by atoms with E-state index in [4.69, 9.17) is 0 Å². The Hall–Kier alpha value is -1.79. The second kappa shape index (κ2) is 9.78. The predicted molar refractivity (Wildman–Crippen MR) is 118 cm³/mol. The van der Waals surface area contributed by atoms with E-state index in [2.05, 4.69) is 9.44 Å². The summed E-state index contributed by atoms with van der Waals surface area (Å²) < 4.78 is 81.4. The number of benzene rings is 2. The van der Waals surface area contributed by atoms with E-state index in [0.29, 0.717) is 12.8 Å². The molecule has 2 aromatic carbocycles. The molecule has 2 aromatic rings. The number of hydrogen-bond acceptors (Lipinski definition) is 6. The van der Waals surface area contributed by atoms with E-state index >= 15 is 0 Å². The first kappa shape index (κ1) is 25.5. The highest BCUT2D eigenvalue weighted by molar-refractivity contribution is 7.92. The Morgan fingerprint density at radius 2 is 0.968 bits per heavy atom. The largest absolute Gasteiger partial charge is 0.240 e. The van der Waals surface area contributed by atoms with Gasteiger partial charge in [-0.3, -0.25) is 0 Å². The predicted octanol–water partition coefficient (Wildman–Crippen LogP) is 2.67. The van der Waals surface area contributed by atoms with Crippen LogP contribution in [-0.2, 0) is 29.9 Å². The normalized spacial score (nSPS) is 14.8. The Morgan fingerprint density at radius 3 is 1.29 bits per heavy atom. The molecule has 0 spiro atoms. The van der Waals surface area contributed by atoms with Gasteiger partial charge in [-0.05, 0) is 63.1 Å². The van der Waals surface area contributed by atoms with Crippen LogP contribution in [0.1, 0.15) is 40.5 Å². The SMILES string of the molecule is CCC(C)NS(=O)(=O)c1cccc(S(=O)(=O)c2cccc(S(=O)(=O)NC(C)CC)c2)c1. The van der Waals surface area contributed by atoms with Crippen LogP contribution in [0.2, 0.25) is 0 Å². The smallest absolute Gasteiger partial charge is 0.219 e. The molecule has 0 aromatic heterocycles. The van der Waals surface area contributed by atoms with Gasteiger partial charge in [-0.2, -0.15) is 0 Å². The second-order valence-electron chi connectivity index (χ2n) is 7.31. The molecule has 172 valence electrons. The van der Waals surface area contributed by atoms with Crippen molar-refractivity contribution in [3.8, 4) is 0 Å². The van der Waals surface area contributed by atoms with Crippen molar-refractivity contribution in [1.82, 2.24) is 9.44 Å². The van der Waals surface area contributed by atoms with Crippen molar-refractivity contribution < 1.29 is 25.3 Å². The van der Waals surface area contributed by atoms with Crippen LogP contribution in [0, 0.1) is 0 Å². The van der Waals surface area contributed by atoms with Gasteiger partial charge in [-0.25, -0.2) is 34.7 Å². The zero-order valence-electron chi connectivity index (χ0n) is 17.9. The van der Waals surface area contributed by atoms with Crippen LogP contribution in [0.25, 0.3) is 0 Å². The number of sulfonamides is 2. The Balaban J connectivity index is 2.48. The molecule has 31 heavy (non-hydrogen) atoms. The summed E-state index contributed by atoms with van der Waals surface area (Å²) in [5.74, 6) is 0. The van der Waals surface area contributed by atoms with E-state index in [1.54, 1.807) is 13.8 Å². The maximum Gasteiger partial charge on any atom is 0.240 e. The molecule has 2 unspecified atom stereocenters. The van der Waals surface area contributed by atoms with E-state index in [1.807, 2.05) is 13.8 Å². The monoisotopic (exact) mass is 488 g/mol. The summed E-state index contributed by atoms with van der Waals surface area (Å²) >= 11 is 0. The summed E-state index contributed by atoms with van der Waals surface area (Å²) in [6, 6.07) is 9.34. The molecule has 0 heterocycles. The highest BCUT2D eigenvalue weighted by Gasteiger charge is 2.24. The highest BCUT2D eigenvalue weighted by Crippen LogP contribution is 2.25. The molecule has 0 saturated heterocycles. The Kier molecular flexibility index (Phi) is 8.04. The van der Waals surface area contributed by atoms with Gasteiger partial charge in [-0.1, -0.05) is 26.0 Å². The molecular weight excluding hydrogens is 460 g/mol. The molecule has 2 rings (SSSR count). The van der Waals surface area contributed by atoms with Crippen molar-refractivity contribution in [3.05, 3.63) is 48.5 Å². The first-order valence-corrected chi connectivity index (χ1v) is 14.3. The number of hydrogen-bond donors (Lipinski definition) is 2. The minimum Gasteiger partial charge on any atom is -0.219 e. The standard InChI is InChI=1S/C20H28N2O6S3/c1-5-15(3)21-30(25,26)19-11-7-9-17(13-19)29(23,24)18-10-8-12-20(14-18)31(27,28)22-16(4)6-2/h7-16,21-22H,5-6H2,1-4H3. The summed E-state index contributed by atoms with van der Waals surface area (Å²) in [7, 11) is -12.0. The molecule has 0 aliphatic carbocycles. The molecule has 0 fully saturated rings. The van der Waals surface area contributed by atoms with E-state index < -0.39 is 29.9 Å². The average Bonchev–Trinajstić information content (AvgIpc) is 2.73. The minimum atomic E-state index is -4.16. The Bertz CT molecular complexity index is 1150. The molecule has 2 atom stereocenters. The van der Waals surface area contributed by atoms with Crippen molar-refractivity contribution in [2.45, 2.75) is 72.2 Å². The average molecular weight is 489 g/mol. The highest BCUT2D eigenvalue weighted by atomic mass is 32.2. The molecule has 0 bridgehead atoms. The van der Waals surface area contributed by atoms with Crippen LogP contribution < -0.4 is 9.44 Å². The summed E-state index contributed by atoms with van der Waals surface area (Å²) in [4.78, 5) is -0.861. The summed E-state index contributed by atoms with van der Waals surface area (Å²) in [5.41, 5.74) is 0. The third-order valence-electron chi connectivity index (χ3n) is 4.79. The number of nitrogens with one attached hydrogen (secondary N) is 2. The van der Waals surface area contributed by atoms with Crippen molar-refractivity contribution in [3.63, 3.8) is 0 Å². The van der Waals surface area contributed by atoms with Gasteiger partial charge < -0.3 is 0 Å². The molecule has 0 amide bonds. The van der Waals surface area contributed by atoms with Gasteiger partial charge >= 0.3 is 0 Å². The minimum absolute atomic E-state index is 0.184. The zero-order valence-corrected chi connectivity index (χ0v) is 20.3. The van der Waals surface area contributed by atoms with E-state index in [-0.39, 0.29) is 31.7 Å². The summed E-state index contributed by atoms with van der Waals surface area (Å²) in [5, 5.41) is 0. The van der Waals surface area contributed by atoms with Crippen LogP contribution in [-0.4, -0.2) is 37.3 Å². The lowest BCUT2D eigenvalue weighted by Crippen LogP contribution is -2.32. The molecule has 2 N–H and O–H groups in total. The molecule has 8 nitrogen and oxygen atoms in total. The Labute approximate surface area is 185 Å². The van der Waals surface area contributed by atoms with E-state index in [0.717, 1.165) is 12.1 Å². The van der Waals surface area contributed by atoms with Gasteiger partial charge in [0.15, 0.2) is 0 Å². The fraction of sp³-hybridized carbons (Fsp3) is 0.400. The zero-order chi connectivity index (χ0) is 23.4. The lowest BCUT2D eigenvalue weighted by molar-refractivity contribution is 0.554. The van der Waals surface area contributed by atoms with Gasteiger partial charge in [0, 0.05) is 12.1 Å². The van der Waals surface area contributed by atoms with E-state index in [9.17, 15) is 25.3 Å². The summed E-state index contributed by atoms with van der Waals surface area (Å²) in [6.45, 7) is 7.06. The maximum absolute atomic E-state index is 13.1. The van der Waals surface area contributed by atoms with Crippen molar-refractivity contribution >= 4 is 29.9 Å². The molecule has 0 aliphatic rings. The lowest BCUT2D eigenvalue weighted by atomic mass is 10.3. The number of rotatable bonds is 10.